The zero-order valence-corrected chi connectivity index (χ0v) is 38.2. The van der Waals surface area contributed by atoms with Crippen LogP contribution in [0.3, 0.4) is 0 Å². The molecule has 0 bridgehead atoms. The summed E-state index contributed by atoms with van der Waals surface area (Å²) >= 11 is 0. The number of rotatable bonds is 40. The summed E-state index contributed by atoms with van der Waals surface area (Å²) in [7, 11) is -9.77. The van der Waals surface area contributed by atoms with Gasteiger partial charge in [-0.1, -0.05) is 132 Å². The molecular weight excluding hydrogens is 830 g/mol. The summed E-state index contributed by atoms with van der Waals surface area (Å²) in [5, 5.41) is 30.0. The number of aliphatic hydroxyl groups excluding tert-OH is 3. The largest absolute Gasteiger partial charge is 0.472 e. The van der Waals surface area contributed by atoms with Crippen LogP contribution in [0.2, 0.25) is 0 Å². The second-order valence-corrected chi connectivity index (χ2v) is 17.4. The minimum Gasteiger partial charge on any atom is -0.462 e. The van der Waals surface area contributed by atoms with Gasteiger partial charge >= 0.3 is 27.6 Å². The lowest BCUT2D eigenvalue weighted by Crippen LogP contribution is -2.30. The predicted molar refractivity (Wildman–Crippen MR) is 237 cm³/mol. The van der Waals surface area contributed by atoms with Crippen LogP contribution < -0.4 is 0 Å². The van der Waals surface area contributed by atoms with Crippen molar-refractivity contribution in [3.8, 4) is 0 Å². The van der Waals surface area contributed by atoms with Crippen LogP contribution in [0.1, 0.15) is 142 Å². The molecule has 5 atom stereocenters. The molecule has 0 heterocycles. The van der Waals surface area contributed by atoms with Crippen LogP contribution in [-0.2, 0) is 41.8 Å². The van der Waals surface area contributed by atoms with E-state index in [0.29, 0.717) is 12.8 Å². The average Bonchev–Trinajstić information content (AvgIpc) is 3.21. The number of esters is 2. The first kappa shape index (κ1) is 58.5. The SMILES string of the molecule is CCCCC/C=C\C/C=C\CCCCCCCC(=O)O[C@H](COC(=O)CCC[C@H](O)\C=C/C=C/C=C/[C@H](O)C/C=C\CCCCC)COP(=O)(O)OC[C@@H](O)COP(=O)(O)O. The molecule has 0 aliphatic carbocycles. The number of aliphatic hydroxyl groups is 3. The average molecular weight is 907 g/mol. The zero-order chi connectivity index (χ0) is 45.5. The highest BCUT2D eigenvalue weighted by molar-refractivity contribution is 7.47. The van der Waals surface area contributed by atoms with E-state index in [4.69, 9.17) is 23.8 Å². The van der Waals surface area contributed by atoms with Gasteiger partial charge in [0, 0.05) is 12.8 Å². The fourth-order valence-electron chi connectivity index (χ4n) is 5.34. The van der Waals surface area contributed by atoms with Gasteiger partial charge in [-0.3, -0.25) is 23.2 Å². The van der Waals surface area contributed by atoms with Crippen LogP contribution >= 0.6 is 15.6 Å². The van der Waals surface area contributed by atoms with E-state index in [2.05, 4.69) is 53.3 Å². The zero-order valence-electron chi connectivity index (χ0n) is 36.5. The van der Waals surface area contributed by atoms with Crippen molar-refractivity contribution in [1.82, 2.24) is 0 Å². The summed E-state index contributed by atoms with van der Waals surface area (Å²) < 4.78 is 47.6. The first-order valence-corrected chi connectivity index (χ1v) is 24.9. The minimum atomic E-state index is -4.89. The highest BCUT2D eigenvalue weighted by atomic mass is 31.2. The van der Waals surface area contributed by atoms with Crippen LogP contribution in [0.4, 0.5) is 0 Å². The lowest BCUT2D eigenvalue weighted by Gasteiger charge is -2.20. The number of phosphoric ester groups is 2. The van der Waals surface area contributed by atoms with Crippen molar-refractivity contribution in [3.63, 3.8) is 0 Å². The van der Waals surface area contributed by atoms with Crippen molar-refractivity contribution >= 4 is 27.6 Å². The van der Waals surface area contributed by atoms with Gasteiger partial charge in [-0.15, -0.1) is 0 Å². The Kier molecular flexibility index (Phi) is 37.5. The molecule has 0 aromatic heterocycles. The highest BCUT2D eigenvalue weighted by Crippen LogP contribution is 2.43. The molecule has 0 aliphatic rings. The molecule has 0 saturated carbocycles. The normalized spacial score (nSPS) is 15.7. The smallest absolute Gasteiger partial charge is 0.462 e. The lowest BCUT2D eigenvalue weighted by molar-refractivity contribution is -0.161. The third-order valence-corrected chi connectivity index (χ3v) is 10.2. The van der Waals surface area contributed by atoms with Crippen molar-refractivity contribution in [3.05, 3.63) is 72.9 Å². The molecule has 0 aromatic rings. The number of carbonyl (C=O) groups is 2. The van der Waals surface area contributed by atoms with E-state index < -0.39 is 78.4 Å². The standard InChI is InChI=1S/C44H76O15P2/c1-3-5-7-9-11-12-13-14-15-16-17-18-19-21-27-33-44(49)59-42(38-58-61(53,54)57-36-41(47)35-56-60(50,51)52)37-55-43(48)34-28-32-40(46)31-26-23-22-25-30-39(45)29-24-20-10-8-6-4-2/h11-12,14-15,20,22-26,30-31,39-42,45-47H,3-10,13,16-19,21,27-29,32-38H2,1-2H3,(H,53,54)(H2,50,51,52)/b12-11-,15-14-,23-22+,24-20-,30-25+,31-26-/t39-,40-,41+,42-/m1/s1. The maximum absolute atomic E-state index is 12.7. The van der Waals surface area contributed by atoms with E-state index >= 15 is 0 Å². The third kappa shape index (κ3) is 42.6. The van der Waals surface area contributed by atoms with Gasteiger partial charge in [0.1, 0.15) is 12.7 Å². The van der Waals surface area contributed by atoms with E-state index in [9.17, 15) is 38.9 Å². The van der Waals surface area contributed by atoms with Crippen LogP contribution in [0, 0.1) is 0 Å². The van der Waals surface area contributed by atoms with Crippen molar-refractivity contribution in [2.24, 2.45) is 0 Å². The Morgan fingerprint density at radius 2 is 1.08 bits per heavy atom. The second-order valence-electron chi connectivity index (χ2n) is 14.7. The molecule has 0 aliphatic heterocycles. The van der Waals surface area contributed by atoms with Crippen LogP contribution in [0.5, 0.6) is 0 Å². The Bertz CT molecular complexity index is 1390. The summed E-state index contributed by atoms with van der Waals surface area (Å²) in [6.45, 7) is 1.36. The van der Waals surface area contributed by atoms with Gasteiger partial charge in [-0.25, -0.2) is 9.13 Å². The molecule has 6 N–H and O–H groups in total. The van der Waals surface area contributed by atoms with Crippen molar-refractivity contribution in [1.29, 1.82) is 0 Å². The van der Waals surface area contributed by atoms with Crippen LogP contribution in [-0.4, -0.2) is 92.8 Å². The van der Waals surface area contributed by atoms with Gasteiger partial charge in [0.2, 0.25) is 0 Å². The maximum Gasteiger partial charge on any atom is 0.472 e. The Morgan fingerprint density at radius 3 is 1.70 bits per heavy atom. The van der Waals surface area contributed by atoms with E-state index in [1.807, 2.05) is 6.08 Å². The van der Waals surface area contributed by atoms with Gasteiger partial charge in [0.05, 0.1) is 32.0 Å². The summed E-state index contributed by atoms with van der Waals surface area (Å²) in [5.41, 5.74) is 0. The topological polar surface area (TPSA) is 236 Å². The lowest BCUT2D eigenvalue weighted by atomic mass is 10.1. The fourth-order valence-corrected chi connectivity index (χ4v) is 6.49. The van der Waals surface area contributed by atoms with Crippen LogP contribution in [0.15, 0.2) is 72.9 Å². The number of ether oxygens (including phenoxy) is 2. The molecule has 15 nitrogen and oxygen atoms in total. The molecule has 17 heteroatoms. The number of phosphoric acid groups is 2. The fraction of sp³-hybridized carbons (Fsp3) is 0.682. The van der Waals surface area contributed by atoms with Gasteiger partial charge in [-0.2, -0.15) is 0 Å². The van der Waals surface area contributed by atoms with Crippen LogP contribution in [0.25, 0.3) is 0 Å². The Balaban J connectivity index is 4.80. The van der Waals surface area contributed by atoms with Gasteiger partial charge in [0.25, 0.3) is 0 Å². The molecule has 0 fully saturated rings. The molecule has 1 unspecified atom stereocenters. The molecule has 61 heavy (non-hydrogen) atoms. The van der Waals surface area contributed by atoms with E-state index in [0.717, 1.165) is 57.8 Å². The predicted octanol–water partition coefficient (Wildman–Crippen LogP) is 8.95. The van der Waals surface area contributed by atoms with E-state index in [-0.39, 0.29) is 25.7 Å². The molecule has 0 spiro atoms. The maximum atomic E-state index is 12.7. The second kappa shape index (κ2) is 39.1. The third-order valence-electron chi connectivity index (χ3n) is 8.75. The summed E-state index contributed by atoms with van der Waals surface area (Å²) in [6, 6.07) is 0. The first-order chi connectivity index (χ1) is 29.2. The Hall–Kier alpha value is -2.52. The monoisotopic (exact) mass is 906 g/mol. The van der Waals surface area contributed by atoms with E-state index in [1.54, 1.807) is 36.5 Å². The van der Waals surface area contributed by atoms with Crippen molar-refractivity contribution in [2.75, 3.05) is 26.4 Å². The molecule has 0 amide bonds. The summed E-state index contributed by atoms with van der Waals surface area (Å²) in [4.78, 5) is 52.7. The van der Waals surface area contributed by atoms with Gasteiger partial charge in [-0.05, 0) is 70.6 Å². The molecular formula is C44H76O15P2. The number of allylic oxidation sites excluding steroid dienone is 9. The molecule has 0 rings (SSSR count). The Labute approximate surface area is 364 Å². The minimum absolute atomic E-state index is 0.0592. The number of unbranched alkanes of at least 4 members (excludes halogenated alkanes) is 11. The van der Waals surface area contributed by atoms with Gasteiger partial charge < -0.3 is 39.5 Å². The molecule has 0 radical (unpaired) electrons. The van der Waals surface area contributed by atoms with Crippen molar-refractivity contribution in [2.45, 2.75) is 167 Å². The summed E-state index contributed by atoms with van der Waals surface area (Å²) in [6.07, 6.45) is 35.2. The van der Waals surface area contributed by atoms with Crippen molar-refractivity contribution < 1.29 is 71.8 Å². The van der Waals surface area contributed by atoms with Gasteiger partial charge in [0.15, 0.2) is 6.10 Å². The molecule has 0 aromatic carbocycles. The van der Waals surface area contributed by atoms with E-state index in [1.165, 1.54) is 32.1 Å². The quantitative estimate of drug-likeness (QED) is 0.0111. The first-order valence-electron chi connectivity index (χ1n) is 21.8. The number of hydrogen-bond acceptors (Lipinski definition) is 12. The molecule has 0 saturated heterocycles. The number of carbonyl (C=O) groups excluding carboxylic acids is 2. The molecule has 352 valence electrons. The Morgan fingerprint density at radius 1 is 0.557 bits per heavy atom. The number of hydrogen-bond donors (Lipinski definition) is 6. The highest BCUT2D eigenvalue weighted by Gasteiger charge is 2.28. The summed E-state index contributed by atoms with van der Waals surface area (Å²) in [5.74, 6) is -1.29.